The smallest absolute Gasteiger partial charge is 0.148 e. The second-order valence-corrected chi connectivity index (χ2v) is 8.18. The van der Waals surface area contributed by atoms with Gasteiger partial charge in [-0.2, -0.15) is 0 Å². The Morgan fingerprint density at radius 2 is 1.65 bits per heavy atom. The van der Waals surface area contributed by atoms with Crippen LogP contribution < -0.4 is 0 Å². The van der Waals surface area contributed by atoms with Crippen LogP contribution in [0.1, 0.15) is 11.7 Å². The number of rotatable bonds is 6. The second kappa shape index (κ2) is 7.65. The van der Waals surface area contributed by atoms with Crippen LogP contribution in [0.5, 0.6) is 0 Å². The molecule has 0 radical (unpaired) electrons. The minimum atomic E-state index is -2.98. The summed E-state index contributed by atoms with van der Waals surface area (Å²) in [6, 6.07) is 3.52. The average molecular weight is 348 g/mol. The molecule has 1 N–H and O–H groups in total. The van der Waals surface area contributed by atoms with Crippen LogP contribution in [0, 0.1) is 11.6 Å². The third-order valence-electron chi connectivity index (χ3n) is 4.01. The molecule has 0 aromatic heterocycles. The van der Waals surface area contributed by atoms with Gasteiger partial charge in [-0.1, -0.05) is 6.07 Å². The first kappa shape index (κ1) is 18.3. The summed E-state index contributed by atoms with van der Waals surface area (Å²) in [6.07, 6.45) is -0.0125. The maximum absolute atomic E-state index is 13.6. The van der Waals surface area contributed by atoms with Crippen LogP contribution in [-0.2, 0) is 9.84 Å². The van der Waals surface area contributed by atoms with E-state index in [9.17, 15) is 22.3 Å². The van der Waals surface area contributed by atoms with Gasteiger partial charge in [0.2, 0.25) is 0 Å². The molecule has 1 saturated heterocycles. The van der Waals surface area contributed by atoms with Gasteiger partial charge in [-0.3, -0.25) is 9.80 Å². The molecular formula is C15H22F2N2O3S. The predicted octanol–water partition coefficient (Wildman–Crippen LogP) is 0.660. The van der Waals surface area contributed by atoms with E-state index in [4.69, 9.17) is 0 Å². The van der Waals surface area contributed by atoms with E-state index in [-0.39, 0.29) is 17.9 Å². The molecule has 1 heterocycles. The van der Waals surface area contributed by atoms with Crippen molar-refractivity contribution in [3.63, 3.8) is 0 Å². The fraction of sp³-hybridized carbons (Fsp3) is 0.600. The molecule has 0 amide bonds. The molecule has 1 atom stereocenters. The molecule has 0 spiro atoms. The summed E-state index contributed by atoms with van der Waals surface area (Å²) in [4.78, 5) is 3.96. The first-order valence-electron chi connectivity index (χ1n) is 7.50. The highest BCUT2D eigenvalue weighted by atomic mass is 32.2. The molecule has 2 rings (SSSR count). The Bertz CT molecular complexity index is 611. The predicted molar refractivity (Wildman–Crippen MR) is 83.9 cm³/mol. The Labute approximate surface area is 135 Å². The van der Waals surface area contributed by atoms with Crippen molar-refractivity contribution in [2.45, 2.75) is 6.10 Å². The molecule has 0 aliphatic carbocycles. The first-order valence-corrected chi connectivity index (χ1v) is 9.57. The highest BCUT2D eigenvalue weighted by molar-refractivity contribution is 7.90. The number of sulfone groups is 1. The SMILES string of the molecule is CS(=O)(=O)CCN1CCN(C[C@H](O)c2c(F)cccc2F)CC1. The van der Waals surface area contributed by atoms with E-state index in [0.29, 0.717) is 32.7 Å². The van der Waals surface area contributed by atoms with Gasteiger partial charge in [0, 0.05) is 45.5 Å². The third kappa shape index (κ3) is 5.49. The van der Waals surface area contributed by atoms with Crippen LogP contribution in [0.2, 0.25) is 0 Å². The van der Waals surface area contributed by atoms with Gasteiger partial charge < -0.3 is 5.11 Å². The lowest BCUT2D eigenvalue weighted by Gasteiger charge is -2.35. The Kier molecular flexibility index (Phi) is 6.07. The number of nitrogens with zero attached hydrogens (tertiary/aromatic N) is 2. The average Bonchev–Trinajstić information content (AvgIpc) is 2.45. The van der Waals surface area contributed by atoms with E-state index >= 15 is 0 Å². The molecule has 0 unspecified atom stereocenters. The molecule has 23 heavy (non-hydrogen) atoms. The third-order valence-corrected chi connectivity index (χ3v) is 4.93. The van der Waals surface area contributed by atoms with Crippen molar-refractivity contribution in [1.29, 1.82) is 0 Å². The van der Waals surface area contributed by atoms with Crippen molar-refractivity contribution in [1.82, 2.24) is 9.80 Å². The van der Waals surface area contributed by atoms with Crippen LogP contribution >= 0.6 is 0 Å². The quantitative estimate of drug-likeness (QED) is 0.818. The molecule has 5 nitrogen and oxygen atoms in total. The van der Waals surface area contributed by atoms with Crippen molar-refractivity contribution in [2.24, 2.45) is 0 Å². The minimum Gasteiger partial charge on any atom is -0.387 e. The standard InChI is InChI=1S/C15H22F2N2O3S/c1-23(21,22)10-9-18-5-7-19(8-6-18)11-14(20)15-12(16)3-2-4-13(15)17/h2-4,14,20H,5-11H2,1H3/t14-/m0/s1. The Morgan fingerprint density at radius 3 is 2.17 bits per heavy atom. The number of halogens is 2. The lowest BCUT2D eigenvalue weighted by Crippen LogP contribution is -2.48. The van der Waals surface area contributed by atoms with Crippen molar-refractivity contribution < 1.29 is 22.3 Å². The lowest BCUT2D eigenvalue weighted by atomic mass is 10.1. The fourth-order valence-corrected chi connectivity index (χ4v) is 3.25. The van der Waals surface area contributed by atoms with Crippen LogP contribution in [0.25, 0.3) is 0 Å². The van der Waals surface area contributed by atoms with Gasteiger partial charge in [0.1, 0.15) is 21.5 Å². The molecule has 0 saturated carbocycles. The number of benzene rings is 1. The van der Waals surface area contributed by atoms with Gasteiger partial charge in [0.15, 0.2) is 0 Å². The summed E-state index contributed by atoms with van der Waals surface area (Å²) in [5.41, 5.74) is -0.299. The number of hydrogen-bond acceptors (Lipinski definition) is 5. The summed E-state index contributed by atoms with van der Waals surface area (Å²) in [5, 5.41) is 10.1. The maximum atomic E-state index is 13.6. The molecule has 1 aliphatic heterocycles. The zero-order valence-electron chi connectivity index (χ0n) is 13.1. The summed E-state index contributed by atoms with van der Waals surface area (Å²) in [6.45, 7) is 3.21. The van der Waals surface area contributed by atoms with Gasteiger partial charge in [0.25, 0.3) is 0 Å². The highest BCUT2D eigenvalue weighted by Gasteiger charge is 2.23. The van der Waals surface area contributed by atoms with Gasteiger partial charge in [-0.05, 0) is 12.1 Å². The molecular weight excluding hydrogens is 326 g/mol. The molecule has 1 fully saturated rings. The lowest BCUT2D eigenvalue weighted by molar-refractivity contribution is 0.0710. The number of hydrogen-bond donors (Lipinski definition) is 1. The largest absolute Gasteiger partial charge is 0.387 e. The summed E-state index contributed by atoms with van der Waals surface area (Å²) in [7, 11) is -2.98. The topological polar surface area (TPSA) is 60.9 Å². The van der Waals surface area contributed by atoms with E-state index in [0.717, 1.165) is 12.1 Å². The minimum absolute atomic E-state index is 0.121. The van der Waals surface area contributed by atoms with E-state index in [1.807, 2.05) is 9.80 Å². The van der Waals surface area contributed by atoms with Crippen LogP contribution in [-0.4, -0.2) is 74.6 Å². The molecule has 1 aromatic carbocycles. The Hall–Kier alpha value is -1.09. The monoisotopic (exact) mass is 348 g/mol. The van der Waals surface area contributed by atoms with Gasteiger partial charge >= 0.3 is 0 Å². The van der Waals surface area contributed by atoms with E-state index in [1.165, 1.54) is 12.3 Å². The zero-order valence-corrected chi connectivity index (χ0v) is 13.9. The molecule has 0 bridgehead atoms. The molecule has 1 aliphatic rings. The fourth-order valence-electron chi connectivity index (χ4n) is 2.66. The summed E-state index contributed by atoms with van der Waals surface area (Å²) in [5.74, 6) is -1.37. The Balaban J connectivity index is 1.84. The highest BCUT2D eigenvalue weighted by Crippen LogP contribution is 2.22. The van der Waals surface area contributed by atoms with E-state index in [2.05, 4.69) is 0 Å². The number of aliphatic hydroxyl groups excluding tert-OH is 1. The van der Waals surface area contributed by atoms with E-state index in [1.54, 1.807) is 0 Å². The Morgan fingerprint density at radius 1 is 1.13 bits per heavy atom. The number of β-amino-alcohol motifs (C(OH)–C–C–N with tert-alkyl or cyclic N) is 1. The van der Waals surface area contributed by atoms with Gasteiger partial charge in [0.05, 0.1) is 17.4 Å². The van der Waals surface area contributed by atoms with Crippen molar-refractivity contribution in [3.8, 4) is 0 Å². The van der Waals surface area contributed by atoms with Gasteiger partial charge in [-0.25, -0.2) is 17.2 Å². The van der Waals surface area contributed by atoms with Crippen LogP contribution in [0.15, 0.2) is 18.2 Å². The van der Waals surface area contributed by atoms with Gasteiger partial charge in [-0.15, -0.1) is 0 Å². The first-order chi connectivity index (χ1) is 10.8. The number of aliphatic hydroxyl groups is 1. The summed E-state index contributed by atoms with van der Waals surface area (Å²) < 4.78 is 49.6. The van der Waals surface area contributed by atoms with Crippen molar-refractivity contribution >= 4 is 9.84 Å². The molecule has 1 aromatic rings. The normalized spacial score (nSPS) is 19.0. The number of piperazine rings is 1. The van der Waals surface area contributed by atoms with Crippen LogP contribution in [0.4, 0.5) is 8.78 Å². The second-order valence-electron chi connectivity index (χ2n) is 5.92. The maximum Gasteiger partial charge on any atom is 0.148 e. The van der Waals surface area contributed by atoms with Crippen molar-refractivity contribution in [3.05, 3.63) is 35.4 Å². The van der Waals surface area contributed by atoms with Crippen LogP contribution in [0.3, 0.4) is 0 Å². The zero-order chi connectivity index (χ0) is 17.0. The molecule has 130 valence electrons. The molecule has 8 heteroatoms. The van der Waals surface area contributed by atoms with Crippen molar-refractivity contribution in [2.75, 3.05) is 51.3 Å². The van der Waals surface area contributed by atoms with E-state index < -0.39 is 27.6 Å². The summed E-state index contributed by atoms with van der Waals surface area (Å²) >= 11 is 0.